The first-order valence-corrected chi connectivity index (χ1v) is 7.60. The van der Waals surface area contributed by atoms with Crippen LogP contribution in [0.15, 0.2) is 45.3 Å². The molecule has 0 unspecified atom stereocenters. The van der Waals surface area contributed by atoms with Crippen molar-refractivity contribution in [2.24, 2.45) is 0 Å². The van der Waals surface area contributed by atoms with Crippen molar-refractivity contribution in [1.29, 1.82) is 0 Å². The van der Waals surface area contributed by atoms with Gasteiger partial charge >= 0.3 is 0 Å². The SMILES string of the molecule is CC(C)(C)c1ccc(-c2nc3cc(Br)cc(N)c3o2)cc1. The zero-order valence-corrected chi connectivity index (χ0v) is 13.9. The fraction of sp³-hybridized carbons (Fsp3) is 0.235. The predicted octanol–water partition coefficient (Wildman–Crippen LogP) is 5.14. The number of rotatable bonds is 1. The van der Waals surface area contributed by atoms with Crippen LogP contribution < -0.4 is 5.73 Å². The van der Waals surface area contributed by atoms with Crippen molar-refractivity contribution in [2.45, 2.75) is 26.2 Å². The molecule has 1 heterocycles. The molecule has 3 aromatic rings. The molecule has 0 aliphatic rings. The Morgan fingerprint density at radius 2 is 1.76 bits per heavy atom. The van der Waals surface area contributed by atoms with E-state index < -0.39 is 0 Å². The number of benzene rings is 2. The average Bonchev–Trinajstić information content (AvgIpc) is 2.82. The molecule has 108 valence electrons. The van der Waals surface area contributed by atoms with Gasteiger partial charge in [0.15, 0.2) is 5.58 Å². The molecule has 0 fully saturated rings. The molecule has 2 N–H and O–H groups in total. The molecule has 0 aliphatic heterocycles. The molecule has 3 nitrogen and oxygen atoms in total. The third kappa shape index (κ3) is 2.68. The Bertz CT molecular complexity index is 798. The second-order valence-corrected chi connectivity index (χ2v) is 7.11. The Kier molecular flexibility index (Phi) is 3.29. The van der Waals surface area contributed by atoms with Crippen LogP contribution in [0.25, 0.3) is 22.6 Å². The van der Waals surface area contributed by atoms with E-state index in [1.807, 2.05) is 24.3 Å². The molecule has 21 heavy (non-hydrogen) atoms. The number of aromatic nitrogens is 1. The molecule has 0 saturated carbocycles. The third-order valence-electron chi connectivity index (χ3n) is 3.48. The molecule has 0 radical (unpaired) electrons. The summed E-state index contributed by atoms with van der Waals surface area (Å²) in [6.07, 6.45) is 0. The highest BCUT2D eigenvalue weighted by Gasteiger charge is 2.15. The normalized spacial score (nSPS) is 12.0. The van der Waals surface area contributed by atoms with Crippen LogP contribution in [0.4, 0.5) is 5.69 Å². The Morgan fingerprint density at radius 1 is 1.10 bits per heavy atom. The van der Waals surface area contributed by atoms with Crippen LogP contribution >= 0.6 is 15.9 Å². The zero-order chi connectivity index (χ0) is 15.2. The zero-order valence-electron chi connectivity index (χ0n) is 12.3. The van der Waals surface area contributed by atoms with Gasteiger partial charge in [-0.15, -0.1) is 0 Å². The van der Waals surface area contributed by atoms with Gasteiger partial charge in [0.2, 0.25) is 5.89 Å². The number of hydrogen-bond donors (Lipinski definition) is 1. The number of oxazole rings is 1. The van der Waals surface area contributed by atoms with Gasteiger partial charge in [0.25, 0.3) is 0 Å². The maximum atomic E-state index is 5.97. The number of fused-ring (bicyclic) bond motifs is 1. The highest BCUT2D eigenvalue weighted by molar-refractivity contribution is 9.10. The van der Waals surface area contributed by atoms with E-state index >= 15 is 0 Å². The van der Waals surface area contributed by atoms with Gasteiger partial charge in [0.1, 0.15) is 5.52 Å². The van der Waals surface area contributed by atoms with Crippen molar-refractivity contribution >= 4 is 32.7 Å². The van der Waals surface area contributed by atoms with E-state index in [0.717, 1.165) is 15.6 Å². The molecule has 1 aromatic heterocycles. The molecule has 4 heteroatoms. The lowest BCUT2D eigenvalue weighted by Crippen LogP contribution is -2.10. The van der Waals surface area contributed by atoms with Gasteiger partial charge in [-0.2, -0.15) is 0 Å². The summed E-state index contributed by atoms with van der Waals surface area (Å²) in [5, 5.41) is 0. The summed E-state index contributed by atoms with van der Waals surface area (Å²) >= 11 is 3.42. The lowest BCUT2D eigenvalue weighted by Gasteiger charge is -2.18. The lowest BCUT2D eigenvalue weighted by molar-refractivity contribution is 0.589. The van der Waals surface area contributed by atoms with E-state index in [2.05, 4.69) is 53.8 Å². The monoisotopic (exact) mass is 344 g/mol. The molecule has 2 aromatic carbocycles. The minimum absolute atomic E-state index is 0.134. The Hall–Kier alpha value is -1.81. The fourth-order valence-corrected chi connectivity index (χ4v) is 2.72. The summed E-state index contributed by atoms with van der Waals surface area (Å²) in [5.74, 6) is 0.593. The summed E-state index contributed by atoms with van der Waals surface area (Å²) in [6.45, 7) is 6.58. The molecule has 0 atom stereocenters. The van der Waals surface area contributed by atoms with E-state index in [9.17, 15) is 0 Å². The van der Waals surface area contributed by atoms with Crippen molar-refractivity contribution < 1.29 is 4.42 Å². The maximum Gasteiger partial charge on any atom is 0.227 e. The molecular weight excluding hydrogens is 328 g/mol. The first kappa shape index (κ1) is 14.1. The van der Waals surface area contributed by atoms with Gasteiger partial charge in [0, 0.05) is 10.0 Å². The number of anilines is 1. The molecule has 0 bridgehead atoms. The van der Waals surface area contributed by atoms with Crippen LogP contribution in [0.5, 0.6) is 0 Å². The molecule has 0 amide bonds. The highest BCUT2D eigenvalue weighted by Crippen LogP contribution is 2.31. The predicted molar refractivity (Wildman–Crippen MR) is 90.3 cm³/mol. The van der Waals surface area contributed by atoms with Gasteiger partial charge in [-0.25, -0.2) is 4.98 Å². The highest BCUT2D eigenvalue weighted by atomic mass is 79.9. The smallest absolute Gasteiger partial charge is 0.227 e. The van der Waals surface area contributed by atoms with E-state index in [4.69, 9.17) is 10.2 Å². The van der Waals surface area contributed by atoms with Crippen LogP contribution in [0.2, 0.25) is 0 Å². The number of nitrogens with zero attached hydrogens (tertiary/aromatic N) is 1. The van der Waals surface area contributed by atoms with Crippen LogP contribution in [0, 0.1) is 0 Å². The largest absolute Gasteiger partial charge is 0.434 e. The Labute approximate surface area is 132 Å². The van der Waals surface area contributed by atoms with E-state index in [-0.39, 0.29) is 5.41 Å². The van der Waals surface area contributed by atoms with Crippen LogP contribution in [-0.4, -0.2) is 4.98 Å². The third-order valence-corrected chi connectivity index (χ3v) is 3.94. The van der Waals surface area contributed by atoms with Gasteiger partial charge in [-0.1, -0.05) is 48.8 Å². The van der Waals surface area contributed by atoms with Crippen LogP contribution in [0.3, 0.4) is 0 Å². The second kappa shape index (κ2) is 4.88. The first-order chi connectivity index (χ1) is 9.84. The van der Waals surface area contributed by atoms with Crippen LogP contribution in [0.1, 0.15) is 26.3 Å². The molecular formula is C17H17BrN2O. The average molecular weight is 345 g/mol. The lowest BCUT2D eigenvalue weighted by atomic mass is 9.87. The number of halogens is 1. The second-order valence-electron chi connectivity index (χ2n) is 6.19. The number of hydrogen-bond acceptors (Lipinski definition) is 3. The molecule has 3 rings (SSSR count). The van der Waals surface area contributed by atoms with Crippen molar-refractivity contribution in [3.05, 3.63) is 46.4 Å². The molecule has 0 spiro atoms. The fourth-order valence-electron chi connectivity index (χ4n) is 2.26. The Morgan fingerprint density at radius 3 is 2.38 bits per heavy atom. The van der Waals surface area contributed by atoms with Crippen molar-refractivity contribution in [1.82, 2.24) is 4.98 Å². The van der Waals surface area contributed by atoms with Gasteiger partial charge < -0.3 is 10.2 Å². The van der Waals surface area contributed by atoms with E-state index in [1.165, 1.54) is 5.56 Å². The van der Waals surface area contributed by atoms with Crippen molar-refractivity contribution in [3.8, 4) is 11.5 Å². The summed E-state index contributed by atoms with van der Waals surface area (Å²) in [5.41, 5.74) is 10.3. The van der Waals surface area contributed by atoms with E-state index in [0.29, 0.717) is 17.2 Å². The minimum Gasteiger partial charge on any atom is -0.434 e. The summed E-state index contributed by atoms with van der Waals surface area (Å²) in [6, 6.07) is 12.0. The standard InChI is InChI=1S/C17H17BrN2O/c1-17(2,3)11-6-4-10(5-7-11)16-20-14-9-12(18)8-13(19)15(14)21-16/h4-9H,19H2,1-3H3. The molecule has 0 saturated heterocycles. The summed E-state index contributed by atoms with van der Waals surface area (Å²) in [4.78, 5) is 4.52. The van der Waals surface area contributed by atoms with Crippen molar-refractivity contribution in [2.75, 3.05) is 5.73 Å². The summed E-state index contributed by atoms with van der Waals surface area (Å²) < 4.78 is 6.71. The topological polar surface area (TPSA) is 52.0 Å². The first-order valence-electron chi connectivity index (χ1n) is 6.81. The molecule has 0 aliphatic carbocycles. The quantitative estimate of drug-likeness (QED) is 0.622. The number of nitrogen functional groups attached to an aromatic ring is 1. The maximum absolute atomic E-state index is 5.97. The van der Waals surface area contributed by atoms with Gasteiger partial charge in [0.05, 0.1) is 5.69 Å². The Balaban J connectivity index is 2.06. The summed E-state index contributed by atoms with van der Waals surface area (Å²) in [7, 11) is 0. The van der Waals surface area contributed by atoms with Crippen molar-refractivity contribution in [3.63, 3.8) is 0 Å². The van der Waals surface area contributed by atoms with Crippen LogP contribution in [-0.2, 0) is 5.41 Å². The number of nitrogens with two attached hydrogens (primary N) is 1. The van der Waals surface area contributed by atoms with Gasteiger partial charge in [-0.3, -0.25) is 0 Å². The van der Waals surface area contributed by atoms with Gasteiger partial charge in [-0.05, 0) is 35.2 Å². The van der Waals surface area contributed by atoms with E-state index in [1.54, 1.807) is 0 Å². The minimum atomic E-state index is 0.134.